The van der Waals surface area contributed by atoms with Gasteiger partial charge in [-0.05, 0) is 63.1 Å². The summed E-state index contributed by atoms with van der Waals surface area (Å²) in [5.41, 5.74) is 6.67. The minimum atomic E-state index is -1.17. The van der Waals surface area contributed by atoms with Crippen molar-refractivity contribution in [3.63, 3.8) is 0 Å². The summed E-state index contributed by atoms with van der Waals surface area (Å²) in [6.45, 7) is 0.0404. The summed E-state index contributed by atoms with van der Waals surface area (Å²) in [4.78, 5) is 41.3. The monoisotopic (exact) mass is 746 g/mol. The summed E-state index contributed by atoms with van der Waals surface area (Å²) in [7, 11) is 1.58. The molecule has 6 aromatic carbocycles. The van der Waals surface area contributed by atoms with Crippen molar-refractivity contribution in [2.24, 2.45) is 0 Å². The highest BCUT2D eigenvalue weighted by Crippen LogP contribution is 2.44. The van der Waals surface area contributed by atoms with Crippen molar-refractivity contribution in [2.75, 3.05) is 13.7 Å². The zero-order valence-electron chi connectivity index (χ0n) is 30.5. The number of ether oxygens (including phenoxy) is 3. The van der Waals surface area contributed by atoms with Crippen LogP contribution in [0.25, 0.3) is 11.1 Å². The van der Waals surface area contributed by atoms with Crippen molar-refractivity contribution < 1.29 is 28.6 Å². The first-order valence-electron chi connectivity index (χ1n) is 18.3. The Morgan fingerprint density at radius 3 is 1.61 bits per heavy atom. The molecule has 2 amide bonds. The van der Waals surface area contributed by atoms with Gasteiger partial charge in [-0.3, -0.25) is 4.79 Å². The molecule has 1 aliphatic rings. The highest BCUT2D eigenvalue weighted by Gasteiger charge is 2.38. The van der Waals surface area contributed by atoms with Crippen LogP contribution in [-0.4, -0.2) is 37.7 Å². The Labute approximate surface area is 328 Å². The highest BCUT2D eigenvalue weighted by atomic mass is 16.6. The fourth-order valence-corrected chi connectivity index (χ4v) is 7.34. The quantitative estimate of drug-likeness (QED) is 0.0852. The van der Waals surface area contributed by atoms with Gasteiger partial charge in [0.2, 0.25) is 5.91 Å². The molecule has 8 nitrogen and oxygen atoms in total. The summed E-state index contributed by atoms with van der Waals surface area (Å²) < 4.78 is 16.7. The van der Waals surface area contributed by atoms with Crippen LogP contribution in [0.15, 0.2) is 164 Å². The Hall–Kier alpha value is -6.67. The number of esters is 1. The number of nitrogens with one attached hydrogen (secondary N) is 2. The van der Waals surface area contributed by atoms with Crippen molar-refractivity contribution in [1.29, 1.82) is 0 Å². The molecule has 56 heavy (non-hydrogen) atoms. The Balaban J connectivity index is 0.00000532. The van der Waals surface area contributed by atoms with Crippen LogP contribution < -0.4 is 15.4 Å². The first kappa shape index (κ1) is 39.0. The van der Waals surface area contributed by atoms with Crippen LogP contribution in [0, 0.1) is 0 Å². The number of fused-ring (bicyclic) bond motifs is 3. The van der Waals surface area contributed by atoms with Gasteiger partial charge in [-0.15, -0.1) is 0 Å². The number of hydrogen-bond acceptors (Lipinski definition) is 6. The third-order valence-corrected chi connectivity index (χ3v) is 10.1. The van der Waals surface area contributed by atoms with Gasteiger partial charge in [-0.1, -0.05) is 159 Å². The Bertz CT molecular complexity index is 2080. The molecular weight excluding hydrogens is 701 g/mol. The Morgan fingerprint density at radius 1 is 0.625 bits per heavy atom. The van der Waals surface area contributed by atoms with E-state index in [0.717, 1.165) is 44.5 Å². The minimum absolute atomic E-state index is 0. The van der Waals surface area contributed by atoms with Crippen molar-refractivity contribution in [3.05, 3.63) is 197 Å². The standard InChI is InChI=1S/C47H42N2O6.CH4/c1-53-37-27-25-33(26-28-37)31-54-45(51)43(48-46(52)55-32-42-40-23-13-11-21-38(40)39-22-12-14-24-41(39)42)29-30-44(50)49-47(34-15-5-2-6-16-34,35-17-7-3-8-18-35)36-19-9-4-10-20-36;/h2-28,42-43H,29-32H2,1H3,(H,48,52)(H,49,50);1H4/t43-;/m0./s1. The van der Waals surface area contributed by atoms with Crippen LogP contribution in [0.2, 0.25) is 0 Å². The molecule has 284 valence electrons. The van der Waals surface area contributed by atoms with Gasteiger partial charge in [-0.2, -0.15) is 0 Å². The number of rotatable bonds is 14. The molecule has 0 aromatic heterocycles. The highest BCUT2D eigenvalue weighted by molar-refractivity contribution is 5.84. The number of carbonyl (C=O) groups is 3. The van der Waals surface area contributed by atoms with Crippen LogP contribution in [0.1, 0.15) is 59.6 Å². The molecule has 0 radical (unpaired) electrons. The number of alkyl carbamates (subject to hydrolysis) is 1. The summed E-state index contributed by atoms with van der Waals surface area (Å²) >= 11 is 0. The number of amides is 2. The van der Waals surface area contributed by atoms with Crippen molar-refractivity contribution >= 4 is 18.0 Å². The average Bonchev–Trinajstić information content (AvgIpc) is 3.57. The molecule has 7 rings (SSSR count). The summed E-state index contributed by atoms with van der Waals surface area (Å²) in [6, 6.07) is 51.5. The number of methoxy groups -OCH3 is 1. The van der Waals surface area contributed by atoms with Crippen LogP contribution in [-0.2, 0) is 31.2 Å². The van der Waals surface area contributed by atoms with E-state index >= 15 is 0 Å². The van der Waals surface area contributed by atoms with E-state index in [0.29, 0.717) is 5.75 Å². The molecule has 0 fully saturated rings. The molecule has 1 atom stereocenters. The third kappa shape index (κ3) is 8.50. The van der Waals surface area contributed by atoms with E-state index in [-0.39, 0.29) is 45.3 Å². The van der Waals surface area contributed by atoms with Crippen molar-refractivity contribution in [1.82, 2.24) is 10.6 Å². The van der Waals surface area contributed by atoms with Crippen LogP contribution in [0.4, 0.5) is 4.79 Å². The molecular formula is C48H46N2O6. The van der Waals surface area contributed by atoms with Gasteiger partial charge in [0.25, 0.3) is 0 Å². The lowest BCUT2D eigenvalue weighted by atomic mass is 9.77. The maximum Gasteiger partial charge on any atom is 0.407 e. The van der Waals surface area contributed by atoms with E-state index < -0.39 is 23.6 Å². The second-order valence-corrected chi connectivity index (χ2v) is 13.4. The first-order chi connectivity index (χ1) is 27.0. The maximum absolute atomic E-state index is 14.1. The van der Waals surface area contributed by atoms with E-state index in [1.807, 2.05) is 127 Å². The molecule has 6 aromatic rings. The predicted octanol–water partition coefficient (Wildman–Crippen LogP) is 9.17. The third-order valence-electron chi connectivity index (χ3n) is 10.1. The molecule has 0 bridgehead atoms. The predicted molar refractivity (Wildman–Crippen MR) is 218 cm³/mol. The Morgan fingerprint density at radius 2 is 1.11 bits per heavy atom. The van der Waals surface area contributed by atoms with Gasteiger partial charge in [0.1, 0.15) is 30.5 Å². The molecule has 8 heteroatoms. The number of carbonyl (C=O) groups excluding carboxylic acids is 3. The van der Waals surface area contributed by atoms with Gasteiger partial charge in [0.05, 0.1) is 7.11 Å². The van der Waals surface area contributed by atoms with Gasteiger partial charge >= 0.3 is 12.1 Å². The molecule has 0 aliphatic heterocycles. The lowest BCUT2D eigenvalue weighted by Crippen LogP contribution is -2.48. The van der Waals surface area contributed by atoms with E-state index in [1.165, 1.54) is 0 Å². The molecule has 1 aliphatic carbocycles. The molecule has 0 saturated heterocycles. The number of benzene rings is 6. The van der Waals surface area contributed by atoms with Crippen molar-refractivity contribution in [2.45, 2.75) is 44.4 Å². The lowest BCUT2D eigenvalue weighted by Gasteiger charge is -2.37. The largest absolute Gasteiger partial charge is 0.497 e. The van der Waals surface area contributed by atoms with Crippen LogP contribution in [0.3, 0.4) is 0 Å². The zero-order chi connectivity index (χ0) is 38.0. The average molecular weight is 747 g/mol. The SMILES string of the molecule is C.COc1ccc(COC(=O)[C@H](CCC(=O)NC(c2ccccc2)(c2ccccc2)c2ccccc2)NC(=O)OCC2c3ccccc3-c3ccccc32)cc1. The molecule has 0 saturated carbocycles. The lowest BCUT2D eigenvalue weighted by molar-refractivity contribution is -0.147. The van der Waals surface area contributed by atoms with E-state index in [4.69, 9.17) is 14.2 Å². The van der Waals surface area contributed by atoms with E-state index in [9.17, 15) is 14.4 Å². The molecule has 0 spiro atoms. The topological polar surface area (TPSA) is 103 Å². The van der Waals surface area contributed by atoms with Gasteiger partial charge < -0.3 is 24.8 Å². The first-order valence-corrected chi connectivity index (χ1v) is 18.3. The second-order valence-electron chi connectivity index (χ2n) is 13.4. The smallest absolute Gasteiger partial charge is 0.407 e. The van der Waals surface area contributed by atoms with Crippen molar-refractivity contribution in [3.8, 4) is 16.9 Å². The molecule has 0 unspecified atom stereocenters. The van der Waals surface area contributed by atoms with Crippen LogP contribution >= 0.6 is 0 Å². The zero-order valence-corrected chi connectivity index (χ0v) is 30.5. The van der Waals surface area contributed by atoms with Gasteiger partial charge in [0.15, 0.2) is 0 Å². The summed E-state index contributed by atoms with van der Waals surface area (Å²) in [5, 5.41) is 6.05. The van der Waals surface area contributed by atoms with E-state index in [2.05, 4.69) is 22.8 Å². The fraction of sp³-hybridized carbons (Fsp3) is 0.188. The summed E-state index contributed by atoms with van der Waals surface area (Å²) in [5.74, 6) is -0.489. The molecule has 0 heterocycles. The molecule has 2 N–H and O–H groups in total. The second kappa shape index (κ2) is 18.1. The minimum Gasteiger partial charge on any atom is -0.497 e. The maximum atomic E-state index is 14.1. The fourth-order valence-electron chi connectivity index (χ4n) is 7.34. The normalized spacial score (nSPS) is 12.2. The summed E-state index contributed by atoms with van der Waals surface area (Å²) in [6.07, 6.45) is -0.910. The number of hydrogen-bond donors (Lipinski definition) is 2. The van der Waals surface area contributed by atoms with E-state index in [1.54, 1.807) is 31.4 Å². The van der Waals surface area contributed by atoms with Gasteiger partial charge in [0, 0.05) is 12.3 Å². The van der Waals surface area contributed by atoms with Gasteiger partial charge in [-0.25, -0.2) is 9.59 Å². The Kier molecular flexibility index (Phi) is 12.6. The van der Waals surface area contributed by atoms with Crippen LogP contribution in [0.5, 0.6) is 5.75 Å².